The maximum Gasteiger partial charge on any atom is 0.128 e. The molecular formula is C30H27N5. The van der Waals surface area contributed by atoms with E-state index in [9.17, 15) is 0 Å². The Morgan fingerprint density at radius 1 is 0.571 bits per heavy atom. The molecule has 35 heavy (non-hydrogen) atoms. The van der Waals surface area contributed by atoms with Crippen LogP contribution in [0.5, 0.6) is 0 Å². The Labute approximate surface area is 205 Å². The highest BCUT2D eigenvalue weighted by atomic mass is 15.3. The number of para-hydroxylation sites is 2. The normalized spacial score (nSPS) is 14.3. The fraction of sp³-hybridized carbons (Fsp3) is 0.167. The van der Waals surface area contributed by atoms with Gasteiger partial charge in [-0.15, -0.1) is 0 Å². The zero-order chi connectivity index (χ0) is 23.5. The molecule has 0 radical (unpaired) electrons. The standard InChI is InChI=1S/C30H27N5/c1-2-8-24(9-3-1)29-30(33-27-11-5-4-10-26(27)32-29)25-15-13-23(14-16-25)22-34-18-20-35(21-19-34)28-12-6-7-17-31-28/h1-17H,18-22H2. The van der Waals surface area contributed by atoms with Gasteiger partial charge < -0.3 is 4.90 Å². The lowest BCUT2D eigenvalue weighted by Crippen LogP contribution is -2.46. The Bertz CT molecular complexity index is 1410. The highest BCUT2D eigenvalue weighted by Gasteiger charge is 2.18. The summed E-state index contributed by atoms with van der Waals surface area (Å²) in [5.74, 6) is 1.07. The molecule has 0 N–H and O–H groups in total. The molecule has 5 aromatic rings. The zero-order valence-electron chi connectivity index (χ0n) is 19.6. The minimum atomic E-state index is 0.913. The van der Waals surface area contributed by atoms with Gasteiger partial charge in [-0.05, 0) is 29.8 Å². The van der Waals surface area contributed by atoms with Gasteiger partial charge in [0.15, 0.2) is 0 Å². The molecule has 5 heteroatoms. The van der Waals surface area contributed by atoms with Gasteiger partial charge in [0, 0.05) is 50.0 Å². The van der Waals surface area contributed by atoms with Crippen LogP contribution in [0.25, 0.3) is 33.5 Å². The molecule has 0 unspecified atom stereocenters. The van der Waals surface area contributed by atoms with Crippen LogP contribution in [-0.4, -0.2) is 46.0 Å². The second-order valence-electron chi connectivity index (χ2n) is 8.92. The quantitative estimate of drug-likeness (QED) is 0.340. The van der Waals surface area contributed by atoms with Crippen molar-refractivity contribution in [2.75, 3.05) is 31.1 Å². The van der Waals surface area contributed by atoms with Crippen molar-refractivity contribution in [2.45, 2.75) is 6.54 Å². The topological polar surface area (TPSA) is 45.2 Å². The summed E-state index contributed by atoms with van der Waals surface area (Å²) in [6, 6.07) is 33.3. The van der Waals surface area contributed by atoms with Gasteiger partial charge in [0.1, 0.15) is 5.82 Å². The van der Waals surface area contributed by atoms with Crippen molar-refractivity contribution in [1.29, 1.82) is 0 Å². The monoisotopic (exact) mass is 457 g/mol. The van der Waals surface area contributed by atoms with Gasteiger partial charge >= 0.3 is 0 Å². The van der Waals surface area contributed by atoms with Crippen molar-refractivity contribution < 1.29 is 0 Å². The molecule has 3 heterocycles. The van der Waals surface area contributed by atoms with Crippen molar-refractivity contribution in [1.82, 2.24) is 19.9 Å². The molecule has 0 saturated carbocycles. The van der Waals surface area contributed by atoms with Gasteiger partial charge in [0.2, 0.25) is 0 Å². The first-order valence-corrected chi connectivity index (χ1v) is 12.1. The highest BCUT2D eigenvalue weighted by molar-refractivity contribution is 5.86. The van der Waals surface area contributed by atoms with E-state index >= 15 is 0 Å². The number of aromatic nitrogens is 3. The van der Waals surface area contributed by atoms with E-state index in [1.165, 1.54) is 5.56 Å². The largest absolute Gasteiger partial charge is 0.354 e. The number of fused-ring (bicyclic) bond motifs is 1. The molecule has 0 aliphatic carbocycles. The molecular weight excluding hydrogens is 430 g/mol. The molecule has 0 bridgehead atoms. The number of nitrogens with zero attached hydrogens (tertiary/aromatic N) is 5. The third kappa shape index (κ3) is 4.63. The van der Waals surface area contributed by atoms with Crippen molar-refractivity contribution in [3.05, 3.63) is 109 Å². The van der Waals surface area contributed by atoms with Crippen LogP contribution in [0.3, 0.4) is 0 Å². The molecule has 0 amide bonds. The van der Waals surface area contributed by atoms with Crippen LogP contribution in [-0.2, 0) is 6.54 Å². The van der Waals surface area contributed by atoms with Crippen LogP contribution in [0.1, 0.15) is 5.56 Å². The molecule has 0 atom stereocenters. The summed E-state index contributed by atoms with van der Waals surface area (Å²) in [7, 11) is 0. The average molecular weight is 458 g/mol. The molecule has 3 aromatic carbocycles. The first kappa shape index (κ1) is 21.4. The molecule has 1 saturated heterocycles. The molecule has 172 valence electrons. The number of benzene rings is 3. The van der Waals surface area contributed by atoms with Crippen molar-refractivity contribution in [2.24, 2.45) is 0 Å². The summed E-state index contributed by atoms with van der Waals surface area (Å²) in [5, 5.41) is 0. The third-order valence-corrected chi connectivity index (χ3v) is 6.60. The van der Waals surface area contributed by atoms with Crippen LogP contribution in [0, 0.1) is 0 Å². The molecule has 5 nitrogen and oxygen atoms in total. The highest BCUT2D eigenvalue weighted by Crippen LogP contribution is 2.31. The SMILES string of the molecule is c1ccc(-c2nc3ccccc3nc2-c2ccc(CN3CCN(c4ccccn4)CC3)cc2)cc1. The van der Waals surface area contributed by atoms with E-state index in [-0.39, 0.29) is 0 Å². The van der Waals surface area contributed by atoms with Crippen molar-refractivity contribution in [3.8, 4) is 22.5 Å². The first-order chi connectivity index (χ1) is 17.3. The van der Waals surface area contributed by atoms with E-state index in [2.05, 4.69) is 63.3 Å². The molecule has 0 spiro atoms. The number of rotatable bonds is 5. The second-order valence-corrected chi connectivity index (χ2v) is 8.92. The fourth-order valence-corrected chi connectivity index (χ4v) is 4.70. The van der Waals surface area contributed by atoms with E-state index in [1.807, 2.05) is 54.7 Å². The summed E-state index contributed by atoms with van der Waals surface area (Å²) in [6.07, 6.45) is 1.87. The fourth-order valence-electron chi connectivity index (χ4n) is 4.70. The number of pyridine rings is 1. The minimum Gasteiger partial charge on any atom is -0.354 e. The summed E-state index contributed by atoms with van der Waals surface area (Å²) in [6.45, 7) is 5.02. The smallest absolute Gasteiger partial charge is 0.128 e. The van der Waals surface area contributed by atoms with Gasteiger partial charge in [-0.1, -0.05) is 72.8 Å². The summed E-state index contributed by atoms with van der Waals surface area (Å²) >= 11 is 0. The molecule has 2 aromatic heterocycles. The Kier molecular flexibility index (Phi) is 5.91. The molecule has 1 aliphatic rings. The average Bonchev–Trinajstić information content (AvgIpc) is 2.94. The minimum absolute atomic E-state index is 0.913. The van der Waals surface area contributed by atoms with Crippen LogP contribution < -0.4 is 4.90 Å². The molecule has 1 aliphatic heterocycles. The van der Waals surface area contributed by atoms with E-state index in [0.29, 0.717) is 0 Å². The maximum atomic E-state index is 5.02. The van der Waals surface area contributed by atoms with E-state index in [1.54, 1.807) is 0 Å². The predicted molar refractivity (Wildman–Crippen MR) is 142 cm³/mol. The van der Waals surface area contributed by atoms with Crippen LogP contribution in [0.2, 0.25) is 0 Å². The number of piperazine rings is 1. The Morgan fingerprint density at radius 3 is 1.80 bits per heavy atom. The lowest BCUT2D eigenvalue weighted by molar-refractivity contribution is 0.249. The molecule has 1 fully saturated rings. The van der Waals surface area contributed by atoms with Gasteiger partial charge in [-0.2, -0.15) is 0 Å². The van der Waals surface area contributed by atoms with Gasteiger partial charge in [-0.3, -0.25) is 4.90 Å². The summed E-state index contributed by atoms with van der Waals surface area (Å²) in [5.41, 5.74) is 7.15. The van der Waals surface area contributed by atoms with E-state index in [4.69, 9.17) is 9.97 Å². The first-order valence-electron chi connectivity index (χ1n) is 12.1. The third-order valence-electron chi connectivity index (χ3n) is 6.60. The number of hydrogen-bond donors (Lipinski definition) is 0. The lowest BCUT2D eigenvalue weighted by atomic mass is 10.0. The Morgan fingerprint density at radius 2 is 1.17 bits per heavy atom. The zero-order valence-corrected chi connectivity index (χ0v) is 19.6. The van der Waals surface area contributed by atoms with Gasteiger partial charge in [-0.25, -0.2) is 15.0 Å². The number of hydrogen-bond acceptors (Lipinski definition) is 5. The Balaban J connectivity index is 1.22. The van der Waals surface area contributed by atoms with E-state index < -0.39 is 0 Å². The maximum absolute atomic E-state index is 5.02. The van der Waals surface area contributed by atoms with Crippen LogP contribution >= 0.6 is 0 Å². The van der Waals surface area contributed by atoms with Crippen LogP contribution in [0.4, 0.5) is 5.82 Å². The van der Waals surface area contributed by atoms with Gasteiger partial charge in [0.25, 0.3) is 0 Å². The van der Waals surface area contributed by atoms with Crippen molar-refractivity contribution in [3.63, 3.8) is 0 Å². The number of anilines is 1. The van der Waals surface area contributed by atoms with Crippen molar-refractivity contribution >= 4 is 16.9 Å². The predicted octanol–water partition coefficient (Wildman–Crippen LogP) is 5.68. The van der Waals surface area contributed by atoms with Crippen LogP contribution in [0.15, 0.2) is 103 Å². The second kappa shape index (κ2) is 9.65. The Hall–Kier alpha value is -4.09. The van der Waals surface area contributed by atoms with E-state index in [0.717, 1.165) is 72.1 Å². The summed E-state index contributed by atoms with van der Waals surface area (Å²) < 4.78 is 0. The lowest BCUT2D eigenvalue weighted by Gasteiger charge is -2.35. The van der Waals surface area contributed by atoms with Gasteiger partial charge in [0.05, 0.1) is 22.4 Å². The summed E-state index contributed by atoms with van der Waals surface area (Å²) in [4.78, 5) is 19.4. The molecule has 6 rings (SSSR count).